The van der Waals surface area contributed by atoms with E-state index in [0.29, 0.717) is 21.7 Å². The van der Waals surface area contributed by atoms with Crippen LogP contribution in [0.25, 0.3) is 0 Å². The first-order valence-electron chi connectivity index (χ1n) is 9.46. The first-order chi connectivity index (χ1) is 14.4. The minimum Gasteiger partial charge on any atom is -0.462 e. The van der Waals surface area contributed by atoms with E-state index >= 15 is 0 Å². The van der Waals surface area contributed by atoms with Crippen molar-refractivity contribution in [3.63, 3.8) is 0 Å². The summed E-state index contributed by atoms with van der Waals surface area (Å²) >= 11 is 1.05. The van der Waals surface area contributed by atoms with Gasteiger partial charge in [-0.2, -0.15) is 0 Å². The number of benzene rings is 2. The normalized spacial score (nSPS) is 10.4. The lowest BCUT2D eigenvalue weighted by Crippen LogP contribution is -2.15. The Balaban J connectivity index is 1.95. The molecule has 0 aliphatic heterocycles. The topological polar surface area (TPSA) is 84.5 Å². The van der Waals surface area contributed by atoms with E-state index < -0.39 is 5.97 Å². The number of nitrogens with one attached hydrogen (secondary N) is 2. The molecule has 154 valence electrons. The van der Waals surface area contributed by atoms with Crippen LogP contribution in [0, 0.1) is 13.8 Å². The van der Waals surface area contributed by atoms with Gasteiger partial charge in [0.25, 0.3) is 11.8 Å². The molecule has 30 heavy (non-hydrogen) atoms. The van der Waals surface area contributed by atoms with Gasteiger partial charge >= 0.3 is 5.97 Å². The fourth-order valence-electron chi connectivity index (χ4n) is 2.92. The Morgan fingerprint density at radius 1 is 0.900 bits per heavy atom. The molecular formula is C23H22N2O4S. The molecule has 0 unspecified atom stereocenters. The summed E-state index contributed by atoms with van der Waals surface area (Å²) in [6, 6.07) is 16.1. The number of hydrogen-bond donors (Lipinski definition) is 2. The van der Waals surface area contributed by atoms with Crippen molar-refractivity contribution in [2.45, 2.75) is 20.8 Å². The molecule has 0 atom stereocenters. The maximum absolute atomic E-state index is 12.9. The van der Waals surface area contributed by atoms with E-state index in [1.54, 1.807) is 44.2 Å². The predicted molar refractivity (Wildman–Crippen MR) is 119 cm³/mol. The molecule has 0 fully saturated rings. The average molecular weight is 423 g/mol. The number of hydrogen-bond acceptors (Lipinski definition) is 5. The first-order valence-corrected chi connectivity index (χ1v) is 10.3. The second kappa shape index (κ2) is 9.37. The van der Waals surface area contributed by atoms with E-state index in [0.717, 1.165) is 16.9 Å². The predicted octanol–water partition coefficient (Wildman–Crippen LogP) is 5.05. The fourth-order valence-corrected chi connectivity index (χ4v) is 4.01. The molecule has 0 spiro atoms. The summed E-state index contributed by atoms with van der Waals surface area (Å²) in [5.41, 5.74) is 2.71. The maximum atomic E-state index is 12.9. The van der Waals surface area contributed by atoms with Gasteiger partial charge in [-0.15, -0.1) is 11.3 Å². The number of amides is 2. The van der Waals surface area contributed by atoms with Gasteiger partial charge in [0.2, 0.25) is 0 Å². The van der Waals surface area contributed by atoms with Crippen LogP contribution in [0.5, 0.6) is 0 Å². The zero-order valence-corrected chi connectivity index (χ0v) is 17.8. The van der Waals surface area contributed by atoms with Gasteiger partial charge in [0, 0.05) is 11.3 Å². The van der Waals surface area contributed by atoms with Gasteiger partial charge in [0.15, 0.2) is 0 Å². The summed E-state index contributed by atoms with van der Waals surface area (Å²) in [4.78, 5) is 38.4. The second-order valence-corrected chi connectivity index (χ2v) is 7.59. The lowest BCUT2D eigenvalue weighted by atomic mass is 10.1. The van der Waals surface area contributed by atoms with E-state index in [4.69, 9.17) is 4.74 Å². The van der Waals surface area contributed by atoms with Crippen LogP contribution in [-0.4, -0.2) is 24.4 Å². The van der Waals surface area contributed by atoms with Crippen LogP contribution >= 0.6 is 11.3 Å². The van der Waals surface area contributed by atoms with Gasteiger partial charge in [-0.3, -0.25) is 9.59 Å². The van der Waals surface area contributed by atoms with Crippen LogP contribution in [0.2, 0.25) is 0 Å². The van der Waals surface area contributed by atoms with E-state index in [1.165, 1.54) is 0 Å². The highest BCUT2D eigenvalue weighted by Gasteiger charge is 2.27. The molecule has 7 heteroatoms. The van der Waals surface area contributed by atoms with Gasteiger partial charge in [-0.05, 0) is 50.1 Å². The van der Waals surface area contributed by atoms with Crippen molar-refractivity contribution in [3.8, 4) is 0 Å². The Morgan fingerprint density at radius 2 is 1.57 bits per heavy atom. The summed E-state index contributed by atoms with van der Waals surface area (Å²) in [6.45, 7) is 5.46. The molecule has 2 N–H and O–H groups in total. The van der Waals surface area contributed by atoms with Crippen LogP contribution in [0.4, 0.5) is 10.7 Å². The number of carbonyl (C=O) groups is 3. The molecule has 0 aliphatic carbocycles. The fraction of sp³-hybridized carbons (Fsp3) is 0.174. The maximum Gasteiger partial charge on any atom is 0.341 e. The Kier molecular flexibility index (Phi) is 6.64. The van der Waals surface area contributed by atoms with Gasteiger partial charge in [-0.25, -0.2) is 4.79 Å². The van der Waals surface area contributed by atoms with Crippen molar-refractivity contribution in [2.75, 3.05) is 17.2 Å². The van der Waals surface area contributed by atoms with Gasteiger partial charge in [0.1, 0.15) is 5.00 Å². The molecular weight excluding hydrogens is 400 g/mol. The molecule has 0 radical (unpaired) electrons. The van der Waals surface area contributed by atoms with Gasteiger partial charge in [-0.1, -0.05) is 36.4 Å². The molecule has 0 bridgehead atoms. The van der Waals surface area contributed by atoms with Crippen molar-refractivity contribution in [1.29, 1.82) is 0 Å². The minimum atomic E-state index is -0.579. The average Bonchev–Trinajstić information content (AvgIpc) is 3.06. The number of ether oxygens (including phenoxy) is 1. The standard InChI is InChI=1S/C23H22N2O4S/c1-4-29-23(28)18-15(3)19(21(27)24-17-13-9-8-10-14(17)2)30-22(18)25-20(26)16-11-6-5-7-12-16/h5-13H,4H2,1-3H3,(H,24,27)(H,25,26). The van der Waals surface area contributed by atoms with Crippen LogP contribution in [-0.2, 0) is 4.74 Å². The first kappa shape index (κ1) is 21.3. The van der Waals surface area contributed by atoms with Crippen LogP contribution < -0.4 is 10.6 Å². The molecule has 1 aromatic heterocycles. The third-order valence-electron chi connectivity index (χ3n) is 4.49. The SMILES string of the molecule is CCOC(=O)c1c(NC(=O)c2ccccc2)sc(C(=O)Nc2ccccc2C)c1C. The summed E-state index contributed by atoms with van der Waals surface area (Å²) in [5, 5.41) is 5.91. The minimum absolute atomic E-state index is 0.185. The van der Waals surface area contributed by atoms with Crippen LogP contribution in [0.15, 0.2) is 54.6 Å². The van der Waals surface area contributed by atoms with Gasteiger partial charge < -0.3 is 15.4 Å². The molecule has 0 aliphatic rings. The zero-order valence-electron chi connectivity index (χ0n) is 16.9. The van der Waals surface area contributed by atoms with Crippen molar-refractivity contribution in [2.24, 2.45) is 0 Å². The summed E-state index contributed by atoms with van der Waals surface area (Å²) in [7, 11) is 0. The van der Waals surface area contributed by atoms with Crippen molar-refractivity contribution >= 4 is 39.8 Å². The number of anilines is 2. The Bertz CT molecular complexity index is 1090. The van der Waals surface area contributed by atoms with E-state index in [9.17, 15) is 14.4 Å². The molecule has 1 heterocycles. The molecule has 2 amide bonds. The quantitative estimate of drug-likeness (QED) is 0.545. The lowest BCUT2D eigenvalue weighted by Gasteiger charge is -2.08. The Morgan fingerprint density at radius 3 is 2.23 bits per heavy atom. The molecule has 0 saturated heterocycles. The van der Waals surface area contributed by atoms with Crippen LogP contribution in [0.1, 0.15) is 48.4 Å². The molecule has 3 rings (SSSR count). The number of esters is 1. The summed E-state index contributed by atoms with van der Waals surface area (Å²) in [5.74, 6) is -1.30. The second-order valence-electron chi connectivity index (χ2n) is 6.57. The van der Waals surface area contributed by atoms with Crippen molar-refractivity contribution < 1.29 is 19.1 Å². The molecule has 6 nitrogen and oxygen atoms in total. The van der Waals surface area contributed by atoms with Gasteiger partial charge in [0.05, 0.1) is 17.0 Å². The summed E-state index contributed by atoms with van der Waals surface area (Å²) < 4.78 is 5.15. The van der Waals surface area contributed by atoms with Crippen molar-refractivity contribution in [3.05, 3.63) is 81.7 Å². The highest BCUT2D eigenvalue weighted by molar-refractivity contribution is 7.19. The number of thiophene rings is 1. The number of aryl methyl sites for hydroxylation is 1. The van der Waals surface area contributed by atoms with Crippen molar-refractivity contribution in [1.82, 2.24) is 0 Å². The Labute approximate surface area is 178 Å². The molecule has 2 aromatic carbocycles. The smallest absolute Gasteiger partial charge is 0.341 e. The van der Waals surface area contributed by atoms with Crippen LogP contribution in [0.3, 0.4) is 0 Å². The monoisotopic (exact) mass is 422 g/mol. The lowest BCUT2D eigenvalue weighted by molar-refractivity contribution is 0.0527. The third kappa shape index (κ3) is 4.58. The highest BCUT2D eigenvalue weighted by Crippen LogP contribution is 2.35. The highest BCUT2D eigenvalue weighted by atomic mass is 32.1. The largest absolute Gasteiger partial charge is 0.462 e. The van der Waals surface area contributed by atoms with E-state index in [-0.39, 0.29) is 29.0 Å². The third-order valence-corrected chi connectivity index (χ3v) is 5.69. The summed E-state index contributed by atoms with van der Waals surface area (Å²) in [6.07, 6.45) is 0. The molecule has 3 aromatic rings. The number of rotatable bonds is 6. The Hall–Kier alpha value is -3.45. The van der Waals surface area contributed by atoms with E-state index in [2.05, 4.69) is 10.6 Å². The van der Waals surface area contributed by atoms with E-state index in [1.807, 2.05) is 31.2 Å². The number of para-hydroxylation sites is 1. The molecule has 0 saturated carbocycles. The number of carbonyl (C=O) groups excluding carboxylic acids is 3. The zero-order chi connectivity index (χ0) is 21.7.